The fourth-order valence-electron chi connectivity index (χ4n) is 2.72. The van der Waals surface area contributed by atoms with Gasteiger partial charge in [0, 0.05) is 17.2 Å². The largest absolute Gasteiger partial charge is 0.268 e. The molecule has 0 saturated carbocycles. The first-order chi connectivity index (χ1) is 9.42. The molecule has 0 aliphatic rings. The molecule has 116 valence electrons. The zero-order valence-corrected chi connectivity index (χ0v) is 17.6. The van der Waals surface area contributed by atoms with Crippen LogP contribution < -0.4 is 0 Å². The zero-order valence-electron chi connectivity index (χ0n) is 12.8. The lowest BCUT2D eigenvalue weighted by Gasteiger charge is -2.32. The first-order valence-corrected chi connectivity index (χ1v) is 10.3. The first-order valence-electron chi connectivity index (χ1n) is 7.29. The monoisotopic (exact) mass is 470 g/mol. The van der Waals surface area contributed by atoms with Crippen LogP contribution in [-0.4, -0.2) is 20.4 Å². The predicted molar refractivity (Wildman–Crippen MR) is 98.2 cm³/mol. The van der Waals surface area contributed by atoms with Crippen LogP contribution in [0.15, 0.2) is 4.47 Å². The minimum Gasteiger partial charge on any atom is -0.268 e. The summed E-state index contributed by atoms with van der Waals surface area (Å²) in [6, 6.07) is 0. The Kier molecular flexibility index (Phi) is 7.78. The van der Waals surface area contributed by atoms with Crippen LogP contribution in [0.4, 0.5) is 0 Å². The highest BCUT2D eigenvalue weighted by Crippen LogP contribution is 2.37. The van der Waals surface area contributed by atoms with Crippen LogP contribution in [0.2, 0.25) is 0 Å². The molecule has 1 rings (SSSR count). The predicted octanol–water partition coefficient (Wildman–Crippen LogP) is 5.59. The Hall–Kier alpha value is 0.650. The Morgan fingerprint density at radius 2 is 1.80 bits per heavy atom. The van der Waals surface area contributed by atoms with Gasteiger partial charge in [-0.3, -0.25) is 4.68 Å². The molecule has 1 heterocycles. The SMILES string of the molecule is CCc1nn(CC)c(CC(CBr)(CBr)CC(C)C)c1Br. The van der Waals surface area contributed by atoms with Crippen LogP contribution in [-0.2, 0) is 19.4 Å². The van der Waals surface area contributed by atoms with E-state index in [9.17, 15) is 0 Å². The normalized spacial score (nSPS) is 12.4. The van der Waals surface area contributed by atoms with E-state index < -0.39 is 0 Å². The molecule has 0 fully saturated rings. The van der Waals surface area contributed by atoms with Crippen molar-refractivity contribution < 1.29 is 0 Å². The van der Waals surface area contributed by atoms with E-state index in [1.807, 2.05) is 0 Å². The van der Waals surface area contributed by atoms with E-state index in [4.69, 9.17) is 5.10 Å². The van der Waals surface area contributed by atoms with Gasteiger partial charge in [0.2, 0.25) is 0 Å². The Labute approximate surface area is 148 Å². The highest BCUT2D eigenvalue weighted by atomic mass is 79.9. The van der Waals surface area contributed by atoms with Gasteiger partial charge in [-0.2, -0.15) is 5.10 Å². The molecule has 0 bridgehead atoms. The quantitative estimate of drug-likeness (QED) is 0.451. The fourth-order valence-corrected chi connectivity index (χ4v) is 5.21. The van der Waals surface area contributed by atoms with Gasteiger partial charge in [0.1, 0.15) is 0 Å². The highest BCUT2D eigenvalue weighted by molar-refractivity contribution is 9.10. The smallest absolute Gasteiger partial charge is 0.0766 e. The second-order valence-electron chi connectivity index (χ2n) is 5.92. The molecule has 0 aromatic carbocycles. The summed E-state index contributed by atoms with van der Waals surface area (Å²) in [6.07, 6.45) is 3.22. The van der Waals surface area contributed by atoms with E-state index in [1.54, 1.807) is 0 Å². The number of aromatic nitrogens is 2. The molecule has 0 saturated heterocycles. The number of nitrogens with zero attached hydrogens (tertiary/aromatic N) is 2. The van der Waals surface area contributed by atoms with Gasteiger partial charge >= 0.3 is 0 Å². The van der Waals surface area contributed by atoms with Crippen LogP contribution in [0.3, 0.4) is 0 Å². The summed E-state index contributed by atoms with van der Waals surface area (Å²) in [5, 5.41) is 6.73. The summed E-state index contributed by atoms with van der Waals surface area (Å²) in [4.78, 5) is 0. The van der Waals surface area contributed by atoms with Crippen LogP contribution in [0.1, 0.15) is 45.5 Å². The summed E-state index contributed by atoms with van der Waals surface area (Å²) in [5.41, 5.74) is 2.75. The van der Waals surface area contributed by atoms with Gasteiger partial charge in [0.25, 0.3) is 0 Å². The van der Waals surface area contributed by atoms with Crippen molar-refractivity contribution in [2.45, 2.75) is 53.5 Å². The topological polar surface area (TPSA) is 17.8 Å². The molecule has 0 unspecified atom stereocenters. The molecule has 1 aromatic rings. The molecular formula is C15H25Br3N2. The number of aryl methyl sites for hydroxylation is 2. The Balaban J connectivity index is 3.13. The van der Waals surface area contributed by atoms with Gasteiger partial charge in [-0.1, -0.05) is 52.6 Å². The maximum Gasteiger partial charge on any atom is 0.0766 e. The third-order valence-corrected chi connectivity index (χ3v) is 6.94. The van der Waals surface area contributed by atoms with Crippen LogP contribution >= 0.6 is 47.8 Å². The number of rotatable bonds is 8. The Bertz CT molecular complexity index is 423. The summed E-state index contributed by atoms with van der Waals surface area (Å²) in [6.45, 7) is 9.84. The molecule has 5 heteroatoms. The first kappa shape index (κ1) is 18.7. The second-order valence-corrected chi connectivity index (χ2v) is 7.83. The minimum atomic E-state index is 0.245. The average molecular weight is 473 g/mol. The summed E-state index contributed by atoms with van der Waals surface area (Å²) in [7, 11) is 0. The molecule has 0 N–H and O–H groups in total. The van der Waals surface area contributed by atoms with Gasteiger partial charge in [-0.15, -0.1) is 0 Å². The van der Waals surface area contributed by atoms with E-state index in [0.717, 1.165) is 30.0 Å². The van der Waals surface area contributed by atoms with Gasteiger partial charge in [-0.05, 0) is 53.4 Å². The van der Waals surface area contributed by atoms with Crippen molar-refractivity contribution >= 4 is 47.8 Å². The molecule has 0 aliphatic heterocycles. The molecule has 20 heavy (non-hydrogen) atoms. The van der Waals surface area contributed by atoms with Crippen molar-refractivity contribution in [3.63, 3.8) is 0 Å². The van der Waals surface area contributed by atoms with Crippen molar-refractivity contribution in [2.75, 3.05) is 10.7 Å². The van der Waals surface area contributed by atoms with E-state index >= 15 is 0 Å². The third-order valence-electron chi connectivity index (χ3n) is 3.64. The number of hydrogen-bond donors (Lipinski definition) is 0. The highest BCUT2D eigenvalue weighted by Gasteiger charge is 2.32. The summed E-state index contributed by atoms with van der Waals surface area (Å²) < 4.78 is 3.36. The minimum absolute atomic E-state index is 0.245. The van der Waals surface area contributed by atoms with Crippen molar-refractivity contribution in [3.05, 3.63) is 15.9 Å². The van der Waals surface area contributed by atoms with Crippen LogP contribution in [0.5, 0.6) is 0 Å². The molecule has 0 aliphatic carbocycles. The molecule has 2 nitrogen and oxygen atoms in total. The average Bonchev–Trinajstić information content (AvgIpc) is 2.73. The fraction of sp³-hybridized carbons (Fsp3) is 0.800. The van der Waals surface area contributed by atoms with Gasteiger partial charge < -0.3 is 0 Å². The van der Waals surface area contributed by atoms with E-state index in [0.29, 0.717) is 5.92 Å². The van der Waals surface area contributed by atoms with Gasteiger partial charge in [-0.25, -0.2) is 0 Å². The lowest BCUT2D eigenvalue weighted by molar-refractivity contribution is 0.296. The van der Waals surface area contributed by atoms with Crippen molar-refractivity contribution in [1.82, 2.24) is 9.78 Å². The molecule has 1 aromatic heterocycles. The van der Waals surface area contributed by atoms with Crippen molar-refractivity contribution in [1.29, 1.82) is 0 Å². The van der Waals surface area contributed by atoms with E-state index in [-0.39, 0.29) is 5.41 Å². The Morgan fingerprint density at radius 3 is 2.20 bits per heavy atom. The van der Waals surface area contributed by atoms with Gasteiger partial charge in [0.05, 0.1) is 15.9 Å². The third kappa shape index (κ3) is 4.33. The molecule has 0 amide bonds. The molecule has 0 radical (unpaired) electrons. The second kappa shape index (κ2) is 8.33. The number of alkyl halides is 2. The van der Waals surface area contributed by atoms with Crippen LogP contribution in [0, 0.1) is 11.3 Å². The van der Waals surface area contributed by atoms with E-state index in [2.05, 4.69) is 80.2 Å². The van der Waals surface area contributed by atoms with Crippen molar-refractivity contribution in [2.24, 2.45) is 11.3 Å². The van der Waals surface area contributed by atoms with Gasteiger partial charge in [0.15, 0.2) is 0 Å². The van der Waals surface area contributed by atoms with Crippen LogP contribution in [0.25, 0.3) is 0 Å². The lowest BCUT2D eigenvalue weighted by Crippen LogP contribution is -2.30. The molecular weight excluding hydrogens is 448 g/mol. The molecule has 0 spiro atoms. The number of halogens is 3. The molecule has 0 atom stereocenters. The zero-order chi connectivity index (χ0) is 15.3. The van der Waals surface area contributed by atoms with Crippen molar-refractivity contribution in [3.8, 4) is 0 Å². The maximum atomic E-state index is 4.72. The summed E-state index contributed by atoms with van der Waals surface area (Å²) in [5.74, 6) is 0.688. The number of hydrogen-bond acceptors (Lipinski definition) is 1. The Morgan fingerprint density at radius 1 is 1.20 bits per heavy atom. The van der Waals surface area contributed by atoms with E-state index in [1.165, 1.54) is 22.3 Å². The lowest BCUT2D eigenvalue weighted by atomic mass is 9.80. The standard InChI is InChI=1S/C15H25Br3N2/c1-5-12-14(18)13(20(6-2)19-12)8-15(9-16,10-17)7-11(3)4/h11H,5-10H2,1-4H3. The maximum absolute atomic E-state index is 4.72. The summed E-state index contributed by atoms with van der Waals surface area (Å²) >= 11 is 11.2.